The first-order valence-electron chi connectivity index (χ1n) is 9.87. The van der Waals surface area contributed by atoms with Crippen molar-refractivity contribution in [3.05, 3.63) is 49.9 Å². The van der Waals surface area contributed by atoms with Crippen molar-refractivity contribution in [1.82, 2.24) is 0 Å². The highest BCUT2D eigenvalue weighted by molar-refractivity contribution is 7.16. The summed E-state index contributed by atoms with van der Waals surface area (Å²) in [4.78, 5) is 27.1. The number of benzene rings is 1. The number of amides is 1. The molecule has 8 heteroatoms. The first-order chi connectivity index (χ1) is 14.0. The molecule has 150 valence electrons. The Hall–Kier alpha value is -2.92. The molecule has 2 heterocycles. The summed E-state index contributed by atoms with van der Waals surface area (Å²) in [6, 6.07) is 6.85. The normalized spacial score (nSPS) is 18.2. The van der Waals surface area contributed by atoms with Crippen LogP contribution in [0.2, 0.25) is 0 Å². The highest BCUT2D eigenvalue weighted by Gasteiger charge is 2.27. The maximum Gasteiger partial charge on any atom is 0.293 e. The summed E-state index contributed by atoms with van der Waals surface area (Å²) in [5, 5.41) is 24.5. The van der Waals surface area contributed by atoms with Crippen molar-refractivity contribution in [2.45, 2.75) is 39.0 Å². The van der Waals surface area contributed by atoms with Gasteiger partial charge in [0, 0.05) is 29.6 Å². The third kappa shape index (κ3) is 3.70. The lowest BCUT2D eigenvalue weighted by molar-refractivity contribution is -0.384. The summed E-state index contributed by atoms with van der Waals surface area (Å²) < 4.78 is 0. The zero-order valence-electron chi connectivity index (χ0n) is 16.2. The maximum absolute atomic E-state index is 12.8. The third-order valence-corrected chi connectivity index (χ3v) is 6.90. The van der Waals surface area contributed by atoms with Crippen molar-refractivity contribution in [3.63, 3.8) is 0 Å². The van der Waals surface area contributed by atoms with Gasteiger partial charge >= 0.3 is 0 Å². The second kappa shape index (κ2) is 7.84. The van der Waals surface area contributed by atoms with Gasteiger partial charge in [-0.05, 0) is 55.7 Å². The van der Waals surface area contributed by atoms with Crippen LogP contribution in [-0.2, 0) is 12.8 Å². The van der Waals surface area contributed by atoms with Crippen LogP contribution in [0.25, 0.3) is 0 Å². The first kappa shape index (κ1) is 19.4. The van der Waals surface area contributed by atoms with Gasteiger partial charge in [-0.15, -0.1) is 11.3 Å². The van der Waals surface area contributed by atoms with E-state index in [2.05, 4.69) is 18.3 Å². The zero-order chi connectivity index (χ0) is 20.5. The Balaban J connectivity index is 1.62. The number of nitro benzene ring substituents is 1. The fraction of sp³-hybridized carbons (Fsp3) is 0.429. The van der Waals surface area contributed by atoms with Crippen LogP contribution < -0.4 is 10.2 Å². The molecule has 4 rings (SSSR count). The molecule has 0 saturated carbocycles. The van der Waals surface area contributed by atoms with Crippen molar-refractivity contribution < 1.29 is 9.72 Å². The lowest BCUT2D eigenvalue weighted by Crippen LogP contribution is -2.19. The van der Waals surface area contributed by atoms with Gasteiger partial charge in [0.05, 0.1) is 10.5 Å². The van der Waals surface area contributed by atoms with E-state index in [9.17, 15) is 20.2 Å². The second-order valence-corrected chi connectivity index (χ2v) is 8.88. The molecule has 1 aliphatic carbocycles. The number of thiophene rings is 1. The van der Waals surface area contributed by atoms with E-state index in [1.165, 1.54) is 17.4 Å². The lowest BCUT2D eigenvalue weighted by Gasteiger charge is -2.17. The van der Waals surface area contributed by atoms with Crippen molar-refractivity contribution >= 4 is 33.6 Å². The van der Waals surface area contributed by atoms with Crippen LogP contribution in [0.1, 0.15) is 52.5 Å². The van der Waals surface area contributed by atoms with E-state index in [0.717, 1.165) is 55.6 Å². The predicted molar refractivity (Wildman–Crippen MR) is 113 cm³/mol. The van der Waals surface area contributed by atoms with E-state index in [0.29, 0.717) is 22.2 Å². The highest BCUT2D eigenvalue weighted by Crippen LogP contribution is 2.39. The van der Waals surface area contributed by atoms with Gasteiger partial charge < -0.3 is 10.2 Å². The Bertz CT molecular complexity index is 1020. The van der Waals surface area contributed by atoms with Crippen LogP contribution in [-0.4, -0.2) is 23.9 Å². The Labute approximate surface area is 173 Å². The summed E-state index contributed by atoms with van der Waals surface area (Å²) >= 11 is 1.45. The summed E-state index contributed by atoms with van der Waals surface area (Å²) in [6.07, 6.45) is 4.83. The molecule has 0 unspecified atom stereocenters. The Morgan fingerprint density at radius 1 is 1.38 bits per heavy atom. The summed E-state index contributed by atoms with van der Waals surface area (Å²) in [5.41, 5.74) is 2.31. The number of rotatable bonds is 4. The number of carbonyl (C=O) groups is 1. The van der Waals surface area contributed by atoms with Gasteiger partial charge in [-0.2, -0.15) is 5.26 Å². The average molecular weight is 410 g/mol. The molecule has 0 radical (unpaired) electrons. The topological polar surface area (TPSA) is 99.3 Å². The maximum atomic E-state index is 12.8. The number of nitrogens with one attached hydrogen (secondary N) is 1. The number of carbonyl (C=O) groups excluding carboxylic acids is 1. The van der Waals surface area contributed by atoms with Crippen LogP contribution in [0.3, 0.4) is 0 Å². The van der Waals surface area contributed by atoms with E-state index >= 15 is 0 Å². The van der Waals surface area contributed by atoms with E-state index < -0.39 is 10.8 Å². The molecule has 0 spiro atoms. The highest BCUT2D eigenvalue weighted by atomic mass is 32.1. The molecule has 1 aromatic carbocycles. The van der Waals surface area contributed by atoms with Crippen LogP contribution >= 0.6 is 11.3 Å². The van der Waals surface area contributed by atoms with Gasteiger partial charge in [0.25, 0.3) is 11.6 Å². The number of hydrogen-bond acceptors (Lipinski definition) is 6. The predicted octanol–water partition coefficient (Wildman–Crippen LogP) is 4.51. The Kier molecular flexibility index (Phi) is 5.24. The van der Waals surface area contributed by atoms with E-state index in [1.54, 1.807) is 12.1 Å². The number of anilines is 2. The Morgan fingerprint density at radius 2 is 2.14 bits per heavy atom. The van der Waals surface area contributed by atoms with Gasteiger partial charge in [-0.3, -0.25) is 14.9 Å². The third-order valence-electron chi connectivity index (χ3n) is 5.73. The molecule has 1 saturated heterocycles. The second-order valence-electron chi connectivity index (χ2n) is 7.78. The van der Waals surface area contributed by atoms with Crippen LogP contribution in [0.4, 0.5) is 16.4 Å². The molecule has 2 aromatic rings. The van der Waals surface area contributed by atoms with E-state index in [4.69, 9.17) is 0 Å². The van der Waals surface area contributed by atoms with Crippen LogP contribution in [0, 0.1) is 27.4 Å². The molecule has 0 bridgehead atoms. The lowest BCUT2D eigenvalue weighted by atomic mass is 9.88. The molecule has 2 aliphatic rings. The minimum absolute atomic E-state index is 0.0562. The average Bonchev–Trinajstić information content (AvgIpc) is 3.34. The molecular formula is C21H22N4O3S. The van der Waals surface area contributed by atoms with Crippen molar-refractivity contribution in [2.24, 2.45) is 5.92 Å². The molecule has 1 aliphatic heterocycles. The molecule has 1 aromatic heterocycles. The molecule has 1 N–H and O–H groups in total. The number of nitrogens with zero attached hydrogens (tertiary/aromatic N) is 3. The van der Waals surface area contributed by atoms with E-state index in [-0.39, 0.29) is 11.3 Å². The number of hydrogen-bond donors (Lipinski definition) is 1. The smallest absolute Gasteiger partial charge is 0.293 e. The molecular weight excluding hydrogens is 388 g/mol. The zero-order valence-corrected chi connectivity index (χ0v) is 17.1. The van der Waals surface area contributed by atoms with Gasteiger partial charge in [-0.25, -0.2) is 0 Å². The van der Waals surface area contributed by atoms with Crippen LogP contribution in [0.5, 0.6) is 0 Å². The monoisotopic (exact) mass is 410 g/mol. The standard InChI is InChI=1S/C21H22N4O3S/c1-13-4-6-15-16(12-22)21(29-19(15)10-13)23-20(26)14-5-7-17(18(11-14)25(27)28)24-8-2-3-9-24/h5,7,11,13H,2-4,6,8-10H2,1H3,(H,23,26)/t13-/m0/s1. The van der Waals surface area contributed by atoms with Crippen molar-refractivity contribution in [1.29, 1.82) is 5.26 Å². The summed E-state index contributed by atoms with van der Waals surface area (Å²) in [7, 11) is 0. The molecule has 1 amide bonds. The summed E-state index contributed by atoms with van der Waals surface area (Å²) in [5.74, 6) is 0.140. The largest absolute Gasteiger partial charge is 0.366 e. The molecule has 1 fully saturated rings. The van der Waals surface area contributed by atoms with Gasteiger partial charge in [-0.1, -0.05) is 6.92 Å². The van der Waals surface area contributed by atoms with Crippen LogP contribution in [0.15, 0.2) is 18.2 Å². The SMILES string of the molecule is C[C@H]1CCc2c(sc(NC(=O)c3ccc(N4CCCC4)c([N+](=O)[O-])c3)c2C#N)C1. The minimum atomic E-state index is -0.434. The summed E-state index contributed by atoms with van der Waals surface area (Å²) in [6.45, 7) is 3.77. The van der Waals surface area contributed by atoms with E-state index in [1.807, 2.05) is 4.90 Å². The fourth-order valence-electron chi connectivity index (χ4n) is 4.17. The number of fused-ring (bicyclic) bond motifs is 1. The molecule has 7 nitrogen and oxygen atoms in total. The minimum Gasteiger partial charge on any atom is -0.366 e. The fourth-order valence-corrected chi connectivity index (χ4v) is 5.52. The van der Waals surface area contributed by atoms with Gasteiger partial charge in [0.1, 0.15) is 16.8 Å². The first-order valence-corrected chi connectivity index (χ1v) is 10.7. The number of nitriles is 1. The molecule has 1 atom stereocenters. The van der Waals surface area contributed by atoms with Gasteiger partial charge in [0.2, 0.25) is 0 Å². The molecule has 29 heavy (non-hydrogen) atoms. The van der Waals surface area contributed by atoms with Crippen molar-refractivity contribution in [3.8, 4) is 6.07 Å². The van der Waals surface area contributed by atoms with Gasteiger partial charge in [0.15, 0.2) is 0 Å². The Morgan fingerprint density at radius 3 is 2.83 bits per heavy atom. The van der Waals surface area contributed by atoms with Crippen molar-refractivity contribution in [2.75, 3.05) is 23.3 Å². The quantitative estimate of drug-likeness (QED) is 0.591. The number of nitro groups is 1.